The molecule has 5 nitrogen and oxygen atoms in total. The topological polar surface area (TPSA) is 66.3 Å². The van der Waals surface area contributed by atoms with Gasteiger partial charge in [-0.1, -0.05) is 11.3 Å². The predicted molar refractivity (Wildman–Crippen MR) is 61.2 cm³/mol. The number of aromatic carboxylic acids is 1. The molecule has 16 heavy (non-hydrogen) atoms. The van der Waals surface area contributed by atoms with E-state index in [4.69, 9.17) is 5.11 Å². The largest absolute Gasteiger partial charge is 0.478 e. The molecule has 0 atom stereocenters. The van der Waals surface area contributed by atoms with Crippen molar-refractivity contribution < 1.29 is 9.90 Å². The third-order valence-electron chi connectivity index (χ3n) is 2.61. The van der Waals surface area contributed by atoms with Crippen molar-refractivity contribution in [1.82, 2.24) is 9.97 Å². The van der Waals surface area contributed by atoms with Gasteiger partial charge in [0.05, 0.1) is 10.3 Å². The fraction of sp³-hybridized carbons (Fsp3) is 0.300. The zero-order valence-electron chi connectivity index (χ0n) is 8.38. The van der Waals surface area contributed by atoms with Gasteiger partial charge in [-0.05, 0) is 12.5 Å². The number of hydrogen-bond acceptors (Lipinski definition) is 5. The van der Waals surface area contributed by atoms with Gasteiger partial charge in [0, 0.05) is 19.3 Å². The van der Waals surface area contributed by atoms with Crippen LogP contribution in [0.5, 0.6) is 0 Å². The summed E-state index contributed by atoms with van der Waals surface area (Å²) in [5.41, 5.74) is 0.850. The minimum Gasteiger partial charge on any atom is -0.478 e. The van der Waals surface area contributed by atoms with Crippen LogP contribution in [0.3, 0.4) is 0 Å². The Kier molecular flexibility index (Phi) is 2.03. The highest BCUT2D eigenvalue weighted by atomic mass is 32.1. The molecule has 0 aliphatic carbocycles. The lowest BCUT2D eigenvalue weighted by Gasteiger charge is -2.29. The quantitative estimate of drug-likeness (QED) is 0.856. The Labute approximate surface area is 95.4 Å². The molecule has 82 valence electrons. The molecular formula is C10H9N3O2S. The number of fused-ring (bicyclic) bond motifs is 1. The lowest BCUT2D eigenvalue weighted by atomic mass is 10.2. The molecule has 0 aromatic carbocycles. The summed E-state index contributed by atoms with van der Waals surface area (Å²) in [4.78, 5) is 21.4. The average molecular weight is 235 g/mol. The van der Waals surface area contributed by atoms with Gasteiger partial charge in [0.1, 0.15) is 0 Å². The van der Waals surface area contributed by atoms with Crippen molar-refractivity contribution in [3.05, 3.63) is 17.8 Å². The number of pyridine rings is 1. The maximum absolute atomic E-state index is 10.8. The van der Waals surface area contributed by atoms with Crippen LogP contribution in [0.15, 0.2) is 12.3 Å². The zero-order valence-corrected chi connectivity index (χ0v) is 9.20. The first-order valence-electron chi connectivity index (χ1n) is 4.99. The summed E-state index contributed by atoms with van der Waals surface area (Å²) >= 11 is 1.50. The van der Waals surface area contributed by atoms with Crippen LogP contribution in [0.4, 0.5) is 5.13 Å². The minimum atomic E-state index is -0.951. The molecule has 0 radical (unpaired) electrons. The highest BCUT2D eigenvalue weighted by Crippen LogP contribution is 2.30. The van der Waals surface area contributed by atoms with Crippen molar-refractivity contribution in [3.63, 3.8) is 0 Å². The molecule has 1 N–H and O–H groups in total. The Morgan fingerprint density at radius 1 is 1.50 bits per heavy atom. The summed E-state index contributed by atoms with van der Waals surface area (Å²) in [6, 6.07) is 1.63. The van der Waals surface area contributed by atoms with Crippen LogP contribution < -0.4 is 4.90 Å². The third kappa shape index (κ3) is 1.42. The molecular weight excluding hydrogens is 226 g/mol. The molecule has 0 unspecified atom stereocenters. The molecule has 0 bridgehead atoms. The zero-order chi connectivity index (χ0) is 11.1. The van der Waals surface area contributed by atoms with Gasteiger partial charge < -0.3 is 10.0 Å². The first kappa shape index (κ1) is 9.53. The Morgan fingerprint density at radius 2 is 2.31 bits per heavy atom. The predicted octanol–water partition coefficient (Wildman–Crippen LogP) is 1.60. The van der Waals surface area contributed by atoms with E-state index in [1.807, 2.05) is 0 Å². The number of rotatable bonds is 2. The first-order valence-corrected chi connectivity index (χ1v) is 5.80. The maximum atomic E-state index is 10.8. The molecule has 1 aliphatic rings. The van der Waals surface area contributed by atoms with Crippen molar-refractivity contribution in [2.45, 2.75) is 6.42 Å². The van der Waals surface area contributed by atoms with Gasteiger partial charge in [-0.15, -0.1) is 0 Å². The van der Waals surface area contributed by atoms with Crippen molar-refractivity contribution in [3.8, 4) is 0 Å². The fourth-order valence-corrected chi connectivity index (χ4v) is 2.58. The second kappa shape index (κ2) is 3.41. The fourth-order valence-electron chi connectivity index (χ4n) is 1.57. The number of carboxylic acid groups (broad SMARTS) is 1. The van der Waals surface area contributed by atoms with E-state index in [2.05, 4.69) is 14.9 Å². The third-order valence-corrected chi connectivity index (χ3v) is 3.66. The Bertz CT molecular complexity index is 562. The molecule has 1 saturated heterocycles. The number of carbonyl (C=O) groups is 1. The van der Waals surface area contributed by atoms with Crippen molar-refractivity contribution >= 4 is 32.8 Å². The molecule has 3 heterocycles. The van der Waals surface area contributed by atoms with Crippen molar-refractivity contribution in [2.75, 3.05) is 18.0 Å². The van der Waals surface area contributed by atoms with Crippen LogP contribution in [-0.2, 0) is 0 Å². The molecule has 0 saturated carbocycles. The Hall–Kier alpha value is -1.69. The van der Waals surface area contributed by atoms with Crippen LogP contribution in [-0.4, -0.2) is 34.1 Å². The summed E-state index contributed by atoms with van der Waals surface area (Å²) in [5, 5.41) is 9.79. The van der Waals surface area contributed by atoms with Gasteiger partial charge in [-0.2, -0.15) is 4.98 Å². The van der Waals surface area contributed by atoms with E-state index >= 15 is 0 Å². The summed E-state index contributed by atoms with van der Waals surface area (Å²) in [7, 11) is 0. The number of aromatic nitrogens is 2. The number of carboxylic acids is 1. The minimum absolute atomic E-state index is 0.214. The van der Waals surface area contributed by atoms with Crippen LogP contribution in [0.2, 0.25) is 0 Å². The molecule has 0 amide bonds. The normalized spacial score (nSPS) is 15.1. The first-order chi connectivity index (χ1) is 7.74. The summed E-state index contributed by atoms with van der Waals surface area (Å²) in [5.74, 6) is -0.951. The monoisotopic (exact) mass is 235 g/mol. The van der Waals surface area contributed by atoms with Crippen LogP contribution in [0, 0.1) is 0 Å². The van der Waals surface area contributed by atoms with Gasteiger partial charge >= 0.3 is 5.97 Å². The summed E-state index contributed by atoms with van der Waals surface area (Å²) in [6.45, 7) is 2.07. The lowest BCUT2D eigenvalue weighted by molar-refractivity contribution is 0.0696. The highest BCUT2D eigenvalue weighted by molar-refractivity contribution is 7.22. The van der Waals surface area contributed by atoms with Gasteiger partial charge in [0.15, 0.2) is 10.8 Å². The van der Waals surface area contributed by atoms with Gasteiger partial charge in [-0.25, -0.2) is 9.78 Å². The van der Waals surface area contributed by atoms with Gasteiger partial charge in [0.25, 0.3) is 0 Å². The van der Waals surface area contributed by atoms with E-state index in [1.54, 1.807) is 6.07 Å². The van der Waals surface area contributed by atoms with E-state index in [-0.39, 0.29) is 5.56 Å². The maximum Gasteiger partial charge on any atom is 0.337 e. The van der Waals surface area contributed by atoms with E-state index in [0.717, 1.165) is 22.9 Å². The molecule has 1 fully saturated rings. The number of anilines is 1. The highest BCUT2D eigenvalue weighted by Gasteiger charge is 2.19. The van der Waals surface area contributed by atoms with E-state index in [9.17, 15) is 4.79 Å². The molecule has 3 rings (SSSR count). The van der Waals surface area contributed by atoms with Gasteiger partial charge in [0.2, 0.25) is 0 Å². The second-order valence-corrected chi connectivity index (χ2v) is 4.70. The summed E-state index contributed by atoms with van der Waals surface area (Å²) in [6.07, 6.45) is 2.55. The van der Waals surface area contributed by atoms with E-state index in [0.29, 0.717) is 5.65 Å². The van der Waals surface area contributed by atoms with Crippen LogP contribution in [0.1, 0.15) is 16.8 Å². The van der Waals surface area contributed by atoms with Crippen molar-refractivity contribution in [1.29, 1.82) is 0 Å². The van der Waals surface area contributed by atoms with Crippen molar-refractivity contribution in [2.24, 2.45) is 0 Å². The standard InChI is InChI=1S/C10H9N3O2S/c14-9(15)6-4-7-8(11-5-6)12-10(16-7)13-2-1-3-13/h4-5H,1-3H2,(H,14,15). The Morgan fingerprint density at radius 3 is 2.94 bits per heavy atom. The smallest absolute Gasteiger partial charge is 0.337 e. The lowest BCUT2D eigenvalue weighted by Crippen LogP contribution is -2.36. The number of nitrogens with zero attached hydrogens (tertiary/aromatic N) is 3. The van der Waals surface area contributed by atoms with Gasteiger partial charge in [-0.3, -0.25) is 0 Å². The van der Waals surface area contributed by atoms with E-state index < -0.39 is 5.97 Å². The molecule has 2 aromatic rings. The second-order valence-electron chi connectivity index (χ2n) is 3.69. The summed E-state index contributed by atoms with van der Waals surface area (Å²) < 4.78 is 0.835. The molecule has 0 spiro atoms. The van der Waals surface area contributed by atoms with Crippen LogP contribution >= 0.6 is 11.3 Å². The average Bonchev–Trinajstić information content (AvgIpc) is 2.56. The molecule has 2 aromatic heterocycles. The molecule has 6 heteroatoms. The molecule has 1 aliphatic heterocycles. The number of hydrogen-bond donors (Lipinski definition) is 1. The van der Waals surface area contributed by atoms with Crippen LogP contribution in [0.25, 0.3) is 10.3 Å². The number of thiazole rings is 1. The van der Waals surface area contributed by atoms with E-state index in [1.165, 1.54) is 24.0 Å². The SMILES string of the molecule is O=C(O)c1cnc2nc(N3CCC3)sc2c1. The Balaban J connectivity index is 2.06.